The van der Waals surface area contributed by atoms with E-state index in [4.69, 9.17) is 16.3 Å². The normalized spacial score (nSPS) is 10.6. The third kappa shape index (κ3) is 5.13. The number of alkyl halides is 1. The van der Waals surface area contributed by atoms with Crippen LogP contribution in [0.3, 0.4) is 0 Å². The topological polar surface area (TPSA) is 51.2 Å². The van der Waals surface area contributed by atoms with Gasteiger partial charge in [-0.15, -0.1) is 22.9 Å². The van der Waals surface area contributed by atoms with Crippen molar-refractivity contribution in [3.63, 3.8) is 0 Å². The van der Waals surface area contributed by atoms with E-state index in [0.29, 0.717) is 12.5 Å². The highest BCUT2D eigenvalue weighted by atomic mass is 35.5. The van der Waals surface area contributed by atoms with Crippen LogP contribution in [-0.4, -0.2) is 17.5 Å². The first-order valence-electron chi connectivity index (χ1n) is 7.77. The molecule has 0 unspecified atom stereocenters. The van der Waals surface area contributed by atoms with Crippen molar-refractivity contribution in [2.75, 3.05) is 11.9 Å². The molecule has 3 rings (SSSR count). The van der Waals surface area contributed by atoms with Gasteiger partial charge < -0.3 is 10.1 Å². The van der Waals surface area contributed by atoms with Crippen molar-refractivity contribution < 1.29 is 9.53 Å². The van der Waals surface area contributed by atoms with E-state index in [0.717, 1.165) is 27.5 Å². The van der Waals surface area contributed by atoms with Gasteiger partial charge in [-0.25, -0.2) is 4.98 Å². The van der Waals surface area contributed by atoms with Gasteiger partial charge in [-0.1, -0.05) is 30.3 Å². The first-order valence-corrected chi connectivity index (χ1v) is 9.18. The zero-order valence-electron chi connectivity index (χ0n) is 13.4. The number of nitrogens with one attached hydrogen (secondary N) is 1. The van der Waals surface area contributed by atoms with Gasteiger partial charge in [0.1, 0.15) is 11.6 Å². The summed E-state index contributed by atoms with van der Waals surface area (Å²) in [6, 6.07) is 17.3. The molecule has 0 saturated heterocycles. The molecule has 0 fully saturated rings. The Kier molecular flexibility index (Phi) is 6.17. The molecule has 1 N–H and O–H groups in total. The summed E-state index contributed by atoms with van der Waals surface area (Å²) in [5, 5.41) is 5.68. The minimum atomic E-state index is -0.178. The second kappa shape index (κ2) is 8.76. The highest BCUT2D eigenvalue weighted by molar-refractivity contribution is 7.13. The Labute approximate surface area is 155 Å². The van der Waals surface area contributed by atoms with Crippen LogP contribution in [0.15, 0.2) is 60.0 Å². The molecular formula is C19H17ClN2O2S. The largest absolute Gasteiger partial charge is 0.367 e. The number of hydrogen-bond acceptors (Lipinski definition) is 4. The molecule has 1 aromatic heterocycles. The highest BCUT2D eigenvalue weighted by Gasteiger charge is 2.06. The molecule has 0 aliphatic rings. The molecule has 128 valence electrons. The first-order chi connectivity index (χ1) is 12.2. The average molecular weight is 373 g/mol. The van der Waals surface area contributed by atoms with Crippen LogP contribution in [0.2, 0.25) is 0 Å². The molecule has 0 aliphatic carbocycles. The summed E-state index contributed by atoms with van der Waals surface area (Å²) in [4.78, 5) is 16.4. The van der Waals surface area contributed by atoms with Crippen molar-refractivity contribution in [1.29, 1.82) is 0 Å². The van der Waals surface area contributed by atoms with Gasteiger partial charge in [0.15, 0.2) is 0 Å². The number of amides is 1. The molecular weight excluding hydrogens is 356 g/mol. The SMILES string of the molecule is O=C(COCc1ccccc1)Nc1ccc(-c2nc(CCl)cs2)cc1. The number of rotatable bonds is 7. The zero-order valence-corrected chi connectivity index (χ0v) is 15.0. The van der Waals surface area contributed by atoms with Gasteiger partial charge >= 0.3 is 0 Å². The maximum absolute atomic E-state index is 11.9. The van der Waals surface area contributed by atoms with Crippen LogP contribution in [0.1, 0.15) is 11.3 Å². The quantitative estimate of drug-likeness (QED) is 0.611. The lowest BCUT2D eigenvalue weighted by atomic mass is 10.2. The Morgan fingerprint density at radius 1 is 1.12 bits per heavy atom. The summed E-state index contributed by atoms with van der Waals surface area (Å²) < 4.78 is 5.43. The first kappa shape index (κ1) is 17.6. The molecule has 0 atom stereocenters. The third-order valence-corrected chi connectivity index (χ3v) is 4.66. The Morgan fingerprint density at radius 2 is 1.88 bits per heavy atom. The molecule has 0 radical (unpaired) electrons. The number of halogens is 1. The number of carbonyl (C=O) groups is 1. The lowest BCUT2D eigenvalue weighted by molar-refractivity contribution is -0.121. The second-order valence-electron chi connectivity index (χ2n) is 5.38. The fourth-order valence-corrected chi connectivity index (χ4v) is 3.28. The van der Waals surface area contributed by atoms with E-state index in [1.165, 1.54) is 0 Å². The summed E-state index contributed by atoms with van der Waals surface area (Å²) in [7, 11) is 0. The zero-order chi connectivity index (χ0) is 17.5. The minimum absolute atomic E-state index is 0.0161. The van der Waals surface area contributed by atoms with E-state index in [-0.39, 0.29) is 12.5 Å². The lowest BCUT2D eigenvalue weighted by Crippen LogP contribution is -2.18. The number of carbonyl (C=O) groups excluding carboxylic acids is 1. The fourth-order valence-electron chi connectivity index (χ4n) is 2.23. The van der Waals surface area contributed by atoms with Crippen LogP contribution in [0.25, 0.3) is 10.6 Å². The standard InChI is InChI=1S/C19H17ClN2O2S/c20-10-17-13-25-19(22-17)15-6-8-16(9-7-15)21-18(23)12-24-11-14-4-2-1-3-5-14/h1-9,13H,10-12H2,(H,21,23). The van der Waals surface area contributed by atoms with Crippen molar-refractivity contribution in [3.05, 3.63) is 71.2 Å². The minimum Gasteiger partial charge on any atom is -0.367 e. The maximum Gasteiger partial charge on any atom is 0.250 e. The van der Waals surface area contributed by atoms with Crippen LogP contribution >= 0.6 is 22.9 Å². The van der Waals surface area contributed by atoms with Crippen molar-refractivity contribution in [1.82, 2.24) is 4.98 Å². The molecule has 3 aromatic rings. The van der Waals surface area contributed by atoms with Crippen molar-refractivity contribution >= 4 is 34.5 Å². The van der Waals surface area contributed by atoms with E-state index >= 15 is 0 Å². The van der Waals surface area contributed by atoms with E-state index in [1.54, 1.807) is 11.3 Å². The number of anilines is 1. The van der Waals surface area contributed by atoms with E-state index in [1.807, 2.05) is 60.0 Å². The molecule has 0 spiro atoms. The molecule has 2 aromatic carbocycles. The van der Waals surface area contributed by atoms with Crippen molar-refractivity contribution in [2.24, 2.45) is 0 Å². The Hall–Kier alpha value is -2.21. The van der Waals surface area contributed by atoms with E-state index in [2.05, 4.69) is 10.3 Å². The molecule has 4 nitrogen and oxygen atoms in total. The number of thiazole rings is 1. The molecule has 0 aliphatic heterocycles. The van der Waals surface area contributed by atoms with Gasteiger partial charge in [-0.3, -0.25) is 4.79 Å². The molecule has 1 heterocycles. The predicted octanol–water partition coefficient (Wildman–Crippen LogP) is 4.70. The maximum atomic E-state index is 11.9. The molecule has 1 amide bonds. The van der Waals surface area contributed by atoms with Crippen LogP contribution in [0.4, 0.5) is 5.69 Å². The number of nitrogens with zero attached hydrogens (tertiary/aromatic N) is 1. The third-order valence-electron chi connectivity index (χ3n) is 3.45. The van der Waals surface area contributed by atoms with Gasteiger partial charge in [-0.05, 0) is 29.8 Å². The van der Waals surface area contributed by atoms with E-state index < -0.39 is 0 Å². The average Bonchev–Trinajstić information content (AvgIpc) is 3.12. The highest BCUT2D eigenvalue weighted by Crippen LogP contribution is 2.25. The van der Waals surface area contributed by atoms with Gasteiger partial charge in [0.2, 0.25) is 5.91 Å². The summed E-state index contributed by atoms with van der Waals surface area (Å²) in [5.41, 5.74) is 3.64. The monoisotopic (exact) mass is 372 g/mol. The Balaban J connectivity index is 1.50. The second-order valence-corrected chi connectivity index (χ2v) is 6.51. The van der Waals surface area contributed by atoms with Gasteiger partial charge in [0.05, 0.1) is 18.2 Å². The smallest absolute Gasteiger partial charge is 0.250 e. The van der Waals surface area contributed by atoms with E-state index in [9.17, 15) is 4.79 Å². The summed E-state index contributed by atoms with van der Waals surface area (Å²) in [5.74, 6) is 0.232. The molecule has 25 heavy (non-hydrogen) atoms. The van der Waals surface area contributed by atoms with Gasteiger partial charge in [-0.2, -0.15) is 0 Å². The molecule has 0 bridgehead atoms. The van der Waals surface area contributed by atoms with Crippen LogP contribution < -0.4 is 5.32 Å². The predicted molar refractivity (Wildman–Crippen MR) is 102 cm³/mol. The summed E-state index contributed by atoms with van der Waals surface area (Å²) >= 11 is 7.33. The van der Waals surface area contributed by atoms with Crippen LogP contribution in [0, 0.1) is 0 Å². The molecule has 6 heteroatoms. The summed E-state index contributed by atoms with van der Waals surface area (Å²) in [6.07, 6.45) is 0. The number of ether oxygens (including phenoxy) is 1. The number of benzene rings is 2. The van der Waals surface area contributed by atoms with Crippen molar-refractivity contribution in [3.8, 4) is 10.6 Å². The van der Waals surface area contributed by atoms with Crippen molar-refractivity contribution in [2.45, 2.75) is 12.5 Å². The molecule has 0 saturated carbocycles. The van der Waals surface area contributed by atoms with Crippen LogP contribution in [0.5, 0.6) is 0 Å². The summed E-state index contributed by atoms with van der Waals surface area (Å²) in [6.45, 7) is 0.433. The van der Waals surface area contributed by atoms with Crippen LogP contribution in [-0.2, 0) is 22.0 Å². The fraction of sp³-hybridized carbons (Fsp3) is 0.158. The van der Waals surface area contributed by atoms with Gasteiger partial charge in [0, 0.05) is 16.6 Å². The van der Waals surface area contributed by atoms with Gasteiger partial charge in [0.25, 0.3) is 0 Å². The Bertz CT molecular complexity index is 819. The lowest BCUT2D eigenvalue weighted by Gasteiger charge is -2.07. The number of aromatic nitrogens is 1. The number of hydrogen-bond donors (Lipinski definition) is 1. The Morgan fingerprint density at radius 3 is 2.56 bits per heavy atom.